The van der Waals surface area contributed by atoms with E-state index in [9.17, 15) is 5.11 Å². The van der Waals surface area contributed by atoms with Gasteiger partial charge in [-0.25, -0.2) is 19.9 Å². The topological polar surface area (TPSA) is 84.3 Å². The second kappa shape index (κ2) is 6.35. The Labute approximate surface area is 145 Å². The standard InChI is InChI=1S/C18H17N5O2/c1-25-16-8-13-11-23(6-3-12(13)7-15(16)24)14-9-21-18(22-10-14)17-19-4-2-5-20-17/h2,4-5,7-10,24H,3,6,11H2,1H3. The average molecular weight is 335 g/mol. The van der Waals surface area contributed by atoms with Crippen molar-refractivity contribution in [2.75, 3.05) is 18.6 Å². The molecule has 0 unspecified atom stereocenters. The molecule has 0 radical (unpaired) electrons. The number of rotatable bonds is 3. The van der Waals surface area contributed by atoms with Crippen molar-refractivity contribution in [1.29, 1.82) is 0 Å². The lowest BCUT2D eigenvalue weighted by atomic mass is 9.98. The van der Waals surface area contributed by atoms with E-state index in [0.29, 0.717) is 17.4 Å². The van der Waals surface area contributed by atoms with Crippen molar-refractivity contribution in [3.63, 3.8) is 0 Å². The molecule has 7 heteroatoms. The van der Waals surface area contributed by atoms with Gasteiger partial charge in [0.1, 0.15) is 0 Å². The Bertz CT molecular complexity index is 884. The van der Waals surface area contributed by atoms with Gasteiger partial charge >= 0.3 is 0 Å². The highest BCUT2D eigenvalue weighted by Crippen LogP contribution is 2.33. The fourth-order valence-corrected chi connectivity index (χ4v) is 2.97. The van der Waals surface area contributed by atoms with Crippen molar-refractivity contribution in [3.8, 4) is 23.1 Å². The molecule has 0 atom stereocenters. The maximum absolute atomic E-state index is 9.92. The summed E-state index contributed by atoms with van der Waals surface area (Å²) in [4.78, 5) is 19.3. The molecule has 0 aliphatic carbocycles. The first-order valence-corrected chi connectivity index (χ1v) is 7.98. The molecule has 1 aliphatic rings. The summed E-state index contributed by atoms with van der Waals surface area (Å²) in [7, 11) is 1.56. The second-order valence-electron chi connectivity index (χ2n) is 5.80. The van der Waals surface area contributed by atoms with Gasteiger partial charge in [0.25, 0.3) is 0 Å². The van der Waals surface area contributed by atoms with Crippen molar-refractivity contribution >= 4 is 5.69 Å². The predicted molar refractivity (Wildman–Crippen MR) is 92.5 cm³/mol. The summed E-state index contributed by atoms with van der Waals surface area (Å²) in [6.07, 6.45) is 7.77. The molecule has 3 heterocycles. The smallest absolute Gasteiger partial charge is 0.197 e. The first-order chi connectivity index (χ1) is 12.2. The summed E-state index contributed by atoms with van der Waals surface area (Å²) < 4.78 is 5.21. The van der Waals surface area contributed by atoms with Gasteiger partial charge in [-0.2, -0.15) is 0 Å². The van der Waals surface area contributed by atoms with Crippen LogP contribution in [0.5, 0.6) is 11.5 Å². The number of phenolic OH excluding ortho intramolecular Hbond substituents is 1. The zero-order valence-corrected chi connectivity index (χ0v) is 13.8. The number of hydrogen-bond donors (Lipinski definition) is 1. The van der Waals surface area contributed by atoms with Crippen molar-refractivity contribution in [2.45, 2.75) is 13.0 Å². The van der Waals surface area contributed by atoms with Gasteiger partial charge in [0, 0.05) is 25.5 Å². The van der Waals surface area contributed by atoms with Crippen molar-refractivity contribution in [2.24, 2.45) is 0 Å². The van der Waals surface area contributed by atoms with Crippen LogP contribution in [0.3, 0.4) is 0 Å². The molecule has 4 rings (SSSR count). The summed E-state index contributed by atoms with van der Waals surface area (Å²) in [5.41, 5.74) is 3.22. The normalized spacial score (nSPS) is 13.4. The summed E-state index contributed by atoms with van der Waals surface area (Å²) in [6, 6.07) is 5.44. The van der Waals surface area contributed by atoms with Crippen LogP contribution >= 0.6 is 0 Å². The maximum Gasteiger partial charge on any atom is 0.197 e. The molecule has 126 valence electrons. The van der Waals surface area contributed by atoms with E-state index in [2.05, 4.69) is 24.8 Å². The fourth-order valence-electron chi connectivity index (χ4n) is 2.97. The monoisotopic (exact) mass is 335 g/mol. The molecule has 2 aromatic heterocycles. The highest BCUT2D eigenvalue weighted by molar-refractivity contribution is 5.53. The Morgan fingerprint density at radius 3 is 2.44 bits per heavy atom. The van der Waals surface area contributed by atoms with Crippen LogP contribution in [0.2, 0.25) is 0 Å². The number of nitrogens with zero attached hydrogens (tertiary/aromatic N) is 5. The van der Waals surface area contributed by atoms with Crippen molar-refractivity contribution < 1.29 is 9.84 Å². The second-order valence-corrected chi connectivity index (χ2v) is 5.80. The Morgan fingerprint density at radius 2 is 1.72 bits per heavy atom. The van der Waals surface area contributed by atoms with Gasteiger partial charge in [0.2, 0.25) is 0 Å². The van der Waals surface area contributed by atoms with E-state index in [0.717, 1.165) is 36.3 Å². The molecular weight excluding hydrogens is 318 g/mol. The largest absolute Gasteiger partial charge is 0.504 e. The molecular formula is C18H17N5O2. The molecule has 0 saturated carbocycles. The van der Waals surface area contributed by atoms with Crippen LogP contribution in [0.1, 0.15) is 11.1 Å². The van der Waals surface area contributed by atoms with Crippen LogP contribution in [0, 0.1) is 0 Å². The maximum atomic E-state index is 9.92. The van der Waals surface area contributed by atoms with Gasteiger partial charge < -0.3 is 14.7 Å². The van der Waals surface area contributed by atoms with Crippen LogP contribution in [0.4, 0.5) is 5.69 Å². The highest BCUT2D eigenvalue weighted by Gasteiger charge is 2.20. The molecule has 25 heavy (non-hydrogen) atoms. The van der Waals surface area contributed by atoms with E-state index in [-0.39, 0.29) is 5.75 Å². The molecule has 0 bridgehead atoms. The molecule has 0 saturated heterocycles. The minimum Gasteiger partial charge on any atom is -0.504 e. The van der Waals surface area contributed by atoms with Gasteiger partial charge in [-0.1, -0.05) is 0 Å². The summed E-state index contributed by atoms with van der Waals surface area (Å²) >= 11 is 0. The molecule has 0 spiro atoms. The number of fused-ring (bicyclic) bond motifs is 1. The minimum atomic E-state index is 0.185. The molecule has 7 nitrogen and oxygen atoms in total. The molecule has 1 aliphatic heterocycles. The van der Waals surface area contributed by atoms with Crippen LogP contribution in [0.15, 0.2) is 43.0 Å². The van der Waals surface area contributed by atoms with Gasteiger partial charge in [0.05, 0.1) is 25.2 Å². The zero-order valence-electron chi connectivity index (χ0n) is 13.8. The quantitative estimate of drug-likeness (QED) is 0.785. The Balaban J connectivity index is 1.57. The number of anilines is 1. The van der Waals surface area contributed by atoms with E-state index in [4.69, 9.17) is 4.74 Å². The Kier molecular flexibility index (Phi) is 3.89. The third kappa shape index (κ3) is 2.96. The van der Waals surface area contributed by atoms with Crippen LogP contribution in [-0.2, 0) is 13.0 Å². The predicted octanol–water partition coefficient (Wildman–Crippen LogP) is 2.21. The van der Waals surface area contributed by atoms with Gasteiger partial charge in [-0.05, 0) is 35.7 Å². The number of ether oxygens (including phenoxy) is 1. The van der Waals surface area contributed by atoms with E-state index in [1.54, 1.807) is 44.0 Å². The molecule has 0 amide bonds. The third-order valence-electron chi connectivity index (χ3n) is 4.28. The SMILES string of the molecule is COc1cc2c(cc1O)CCN(c1cnc(-c3ncccn3)nc1)C2. The lowest BCUT2D eigenvalue weighted by molar-refractivity contribution is 0.372. The summed E-state index contributed by atoms with van der Waals surface area (Å²) in [5, 5.41) is 9.92. The lowest BCUT2D eigenvalue weighted by Crippen LogP contribution is -2.30. The fraction of sp³-hybridized carbons (Fsp3) is 0.222. The lowest BCUT2D eigenvalue weighted by Gasteiger charge is -2.30. The third-order valence-corrected chi connectivity index (χ3v) is 4.28. The van der Waals surface area contributed by atoms with Crippen molar-refractivity contribution in [1.82, 2.24) is 19.9 Å². The van der Waals surface area contributed by atoms with E-state index in [1.807, 2.05) is 6.07 Å². The van der Waals surface area contributed by atoms with Crippen molar-refractivity contribution in [3.05, 3.63) is 54.1 Å². The zero-order chi connectivity index (χ0) is 17.2. The Hall–Kier alpha value is -3.22. The summed E-state index contributed by atoms with van der Waals surface area (Å²) in [6.45, 7) is 1.56. The molecule has 1 aromatic carbocycles. The minimum absolute atomic E-state index is 0.185. The van der Waals surface area contributed by atoms with Crippen LogP contribution in [-0.4, -0.2) is 38.7 Å². The van der Waals surface area contributed by atoms with Crippen LogP contribution < -0.4 is 9.64 Å². The molecule has 1 N–H and O–H groups in total. The molecule has 0 fully saturated rings. The average Bonchev–Trinajstić information content (AvgIpc) is 2.68. The number of phenols is 1. The van der Waals surface area contributed by atoms with Gasteiger partial charge in [-0.15, -0.1) is 0 Å². The van der Waals surface area contributed by atoms with E-state index >= 15 is 0 Å². The summed E-state index contributed by atoms with van der Waals surface area (Å²) in [5.74, 6) is 1.70. The number of aromatic nitrogens is 4. The number of aromatic hydroxyl groups is 1. The van der Waals surface area contributed by atoms with Gasteiger partial charge in [-0.3, -0.25) is 0 Å². The number of hydrogen-bond acceptors (Lipinski definition) is 7. The van der Waals surface area contributed by atoms with E-state index < -0.39 is 0 Å². The first kappa shape index (κ1) is 15.3. The Morgan fingerprint density at radius 1 is 1.00 bits per heavy atom. The van der Waals surface area contributed by atoms with Crippen LogP contribution in [0.25, 0.3) is 11.6 Å². The first-order valence-electron chi connectivity index (χ1n) is 7.98. The van der Waals surface area contributed by atoms with Gasteiger partial charge in [0.15, 0.2) is 23.1 Å². The molecule has 3 aromatic rings. The van der Waals surface area contributed by atoms with E-state index in [1.165, 1.54) is 0 Å². The number of methoxy groups -OCH3 is 1. The highest BCUT2D eigenvalue weighted by atomic mass is 16.5. The number of benzene rings is 1.